The highest BCUT2D eigenvalue weighted by Gasteiger charge is 2.22. The van der Waals surface area contributed by atoms with Gasteiger partial charge >= 0.3 is 0 Å². The van der Waals surface area contributed by atoms with Crippen molar-refractivity contribution >= 4 is 39.0 Å². The molecule has 0 bridgehead atoms. The minimum absolute atomic E-state index is 0.0548. The second-order valence-electron chi connectivity index (χ2n) is 5.57. The standard InChI is InChI=1S/C18H15FN4O3S2/c19-12-5-4-6-13(9-12)22-16(24)11-27-18-21-10-15(17(20)23-18)28(25,26)14-7-2-1-3-8-14/h1-10H,11H2,(H,22,24)(H2,20,21,23). The molecule has 2 aromatic carbocycles. The van der Waals surface area contributed by atoms with Crippen molar-refractivity contribution in [3.8, 4) is 0 Å². The molecular weight excluding hydrogens is 403 g/mol. The minimum atomic E-state index is -3.84. The molecule has 0 spiro atoms. The van der Waals surface area contributed by atoms with Gasteiger partial charge in [0.2, 0.25) is 15.7 Å². The summed E-state index contributed by atoms with van der Waals surface area (Å²) >= 11 is 0.978. The number of rotatable bonds is 6. The molecule has 144 valence electrons. The SMILES string of the molecule is Nc1nc(SCC(=O)Nc2cccc(F)c2)ncc1S(=O)(=O)c1ccccc1. The van der Waals surface area contributed by atoms with E-state index in [1.807, 2.05) is 0 Å². The topological polar surface area (TPSA) is 115 Å². The number of amides is 1. The summed E-state index contributed by atoms with van der Waals surface area (Å²) in [6.45, 7) is 0. The van der Waals surface area contributed by atoms with Crippen molar-refractivity contribution in [1.82, 2.24) is 9.97 Å². The van der Waals surface area contributed by atoms with Crippen molar-refractivity contribution in [1.29, 1.82) is 0 Å². The summed E-state index contributed by atoms with van der Waals surface area (Å²) in [5, 5.41) is 2.69. The van der Waals surface area contributed by atoms with Gasteiger partial charge in [0.1, 0.15) is 16.5 Å². The van der Waals surface area contributed by atoms with Gasteiger partial charge in [-0.25, -0.2) is 22.8 Å². The molecule has 0 aliphatic carbocycles. The molecule has 1 amide bonds. The van der Waals surface area contributed by atoms with Crippen LogP contribution in [-0.4, -0.2) is 30.0 Å². The maximum atomic E-state index is 13.1. The zero-order chi connectivity index (χ0) is 20.1. The first kappa shape index (κ1) is 19.8. The van der Waals surface area contributed by atoms with E-state index < -0.39 is 21.6 Å². The molecule has 3 N–H and O–H groups in total. The van der Waals surface area contributed by atoms with Crippen LogP contribution in [0.2, 0.25) is 0 Å². The van der Waals surface area contributed by atoms with Gasteiger partial charge in [0.15, 0.2) is 5.16 Å². The third-order valence-electron chi connectivity index (χ3n) is 3.54. The maximum Gasteiger partial charge on any atom is 0.234 e. The molecule has 1 heterocycles. The van der Waals surface area contributed by atoms with Crippen LogP contribution in [0.15, 0.2) is 75.7 Å². The molecule has 3 rings (SSSR count). The number of hydrogen-bond donors (Lipinski definition) is 2. The number of benzene rings is 2. The lowest BCUT2D eigenvalue weighted by molar-refractivity contribution is -0.113. The Labute approximate surface area is 165 Å². The van der Waals surface area contributed by atoms with Crippen LogP contribution in [0, 0.1) is 5.82 Å². The highest BCUT2D eigenvalue weighted by Crippen LogP contribution is 2.25. The van der Waals surface area contributed by atoms with Crippen LogP contribution in [0.3, 0.4) is 0 Å². The van der Waals surface area contributed by atoms with Crippen molar-refractivity contribution in [3.05, 3.63) is 66.6 Å². The van der Waals surface area contributed by atoms with Gasteiger partial charge in [-0.15, -0.1) is 0 Å². The lowest BCUT2D eigenvalue weighted by Gasteiger charge is -2.08. The molecule has 28 heavy (non-hydrogen) atoms. The van der Waals surface area contributed by atoms with E-state index in [0.29, 0.717) is 5.69 Å². The summed E-state index contributed by atoms with van der Waals surface area (Å²) in [5.74, 6) is -1.11. The second-order valence-corrected chi connectivity index (χ2v) is 8.43. The van der Waals surface area contributed by atoms with E-state index in [9.17, 15) is 17.6 Å². The highest BCUT2D eigenvalue weighted by molar-refractivity contribution is 7.99. The predicted molar refractivity (Wildman–Crippen MR) is 104 cm³/mol. The first-order valence-electron chi connectivity index (χ1n) is 7.97. The Morgan fingerprint density at radius 3 is 2.57 bits per heavy atom. The molecule has 0 atom stereocenters. The van der Waals surface area contributed by atoms with Crippen LogP contribution in [-0.2, 0) is 14.6 Å². The number of sulfone groups is 1. The molecule has 10 heteroatoms. The Balaban J connectivity index is 1.68. The van der Waals surface area contributed by atoms with E-state index in [0.717, 1.165) is 18.0 Å². The number of anilines is 2. The number of nitrogens with two attached hydrogens (primary N) is 1. The number of carbonyl (C=O) groups is 1. The predicted octanol–water partition coefficient (Wildman–Crippen LogP) is 2.76. The highest BCUT2D eigenvalue weighted by atomic mass is 32.2. The molecule has 7 nitrogen and oxygen atoms in total. The fourth-order valence-corrected chi connectivity index (χ4v) is 4.17. The minimum Gasteiger partial charge on any atom is -0.382 e. The van der Waals surface area contributed by atoms with E-state index in [2.05, 4.69) is 15.3 Å². The number of nitrogen functional groups attached to an aromatic ring is 1. The summed E-state index contributed by atoms with van der Waals surface area (Å²) in [5.41, 5.74) is 6.13. The van der Waals surface area contributed by atoms with Crippen LogP contribution >= 0.6 is 11.8 Å². The van der Waals surface area contributed by atoms with Gasteiger partial charge in [0, 0.05) is 5.69 Å². The number of nitrogens with one attached hydrogen (secondary N) is 1. The Hall–Kier alpha value is -2.98. The lowest BCUT2D eigenvalue weighted by atomic mass is 10.3. The number of carbonyl (C=O) groups excluding carboxylic acids is 1. The quantitative estimate of drug-likeness (QED) is 0.467. The molecule has 0 unspecified atom stereocenters. The Morgan fingerprint density at radius 1 is 1.14 bits per heavy atom. The summed E-state index contributed by atoms with van der Waals surface area (Å²) in [6, 6.07) is 13.3. The van der Waals surface area contributed by atoms with Crippen molar-refractivity contribution < 1.29 is 17.6 Å². The normalized spacial score (nSPS) is 11.2. The molecule has 1 aromatic heterocycles. The van der Waals surface area contributed by atoms with Crippen LogP contribution in [0.1, 0.15) is 0 Å². The number of nitrogens with zero attached hydrogens (tertiary/aromatic N) is 2. The third kappa shape index (κ3) is 4.65. The average Bonchev–Trinajstić information content (AvgIpc) is 2.67. The lowest BCUT2D eigenvalue weighted by Crippen LogP contribution is -2.14. The first-order valence-corrected chi connectivity index (χ1v) is 10.4. The largest absolute Gasteiger partial charge is 0.382 e. The Morgan fingerprint density at radius 2 is 1.89 bits per heavy atom. The van der Waals surface area contributed by atoms with Crippen LogP contribution in [0.4, 0.5) is 15.9 Å². The molecule has 0 aliphatic rings. The first-order chi connectivity index (χ1) is 13.4. The Bertz CT molecular complexity index is 1110. The summed E-state index contributed by atoms with van der Waals surface area (Å²) < 4.78 is 38.3. The zero-order valence-corrected chi connectivity index (χ0v) is 16.0. The fraction of sp³-hybridized carbons (Fsp3) is 0.0556. The summed E-state index contributed by atoms with van der Waals surface area (Å²) in [4.78, 5) is 19.8. The number of hydrogen-bond acceptors (Lipinski definition) is 7. The van der Waals surface area contributed by atoms with Crippen molar-refractivity contribution in [2.24, 2.45) is 0 Å². The van der Waals surface area contributed by atoms with Gasteiger partial charge in [-0.3, -0.25) is 4.79 Å². The summed E-state index contributed by atoms with van der Waals surface area (Å²) in [7, 11) is -3.84. The number of aromatic nitrogens is 2. The Kier molecular flexibility index (Phi) is 5.90. The van der Waals surface area contributed by atoms with E-state index in [1.165, 1.54) is 30.3 Å². The number of thioether (sulfide) groups is 1. The third-order valence-corrected chi connectivity index (χ3v) is 6.19. The molecule has 0 radical (unpaired) electrons. The smallest absolute Gasteiger partial charge is 0.234 e. The van der Waals surface area contributed by atoms with Gasteiger partial charge in [-0.05, 0) is 30.3 Å². The zero-order valence-electron chi connectivity index (χ0n) is 14.4. The monoisotopic (exact) mass is 418 g/mol. The van der Waals surface area contributed by atoms with Gasteiger partial charge in [0.05, 0.1) is 16.8 Å². The van der Waals surface area contributed by atoms with Gasteiger partial charge in [0.25, 0.3) is 0 Å². The molecule has 0 aliphatic heterocycles. The second kappa shape index (κ2) is 8.36. The van der Waals surface area contributed by atoms with E-state index >= 15 is 0 Å². The van der Waals surface area contributed by atoms with E-state index in [4.69, 9.17) is 5.73 Å². The summed E-state index contributed by atoms with van der Waals surface area (Å²) in [6.07, 6.45) is 1.12. The van der Waals surface area contributed by atoms with Crippen LogP contribution in [0.5, 0.6) is 0 Å². The average molecular weight is 418 g/mol. The van der Waals surface area contributed by atoms with Crippen molar-refractivity contribution in [2.45, 2.75) is 14.9 Å². The van der Waals surface area contributed by atoms with Gasteiger partial charge in [-0.2, -0.15) is 0 Å². The van der Waals surface area contributed by atoms with Crippen LogP contribution < -0.4 is 11.1 Å². The number of halogens is 1. The molecule has 0 saturated carbocycles. The van der Waals surface area contributed by atoms with E-state index in [1.54, 1.807) is 24.3 Å². The fourth-order valence-electron chi connectivity index (χ4n) is 2.26. The molecular formula is C18H15FN4O3S2. The van der Waals surface area contributed by atoms with E-state index in [-0.39, 0.29) is 26.5 Å². The molecule has 0 fully saturated rings. The van der Waals surface area contributed by atoms with Crippen LogP contribution in [0.25, 0.3) is 0 Å². The van der Waals surface area contributed by atoms with Gasteiger partial charge in [-0.1, -0.05) is 36.0 Å². The van der Waals surface area contributed by atoms with Crippen molar-refractivity contribution in [3.63, 3.8) is 0 Å². The van der Waals surface area contributed by atoms with Gasteiger partial charge < -0.3 is 11.1 Å². The van der Waals surface area contributed by atoms with Crippen molar-refractivity contribution in [2.75, 3.05) is 16.8 Å². The molecule has 3 aromatic rings. The molecule has 0 saturated heterocycles. The maximum absolute atomic E-state index is 13.1.